The van der Waals surface area contributed by atoms with Crippen LogP contribution in [0.15, 0.2) is 12.5 Å². The minimum Gasteiger partial charge on any atom is -0.451 e. The SMILES string of the molecule is C#CCOC(=O)C(N)Cc1cncn1CO. The lowest BCUT2D eigenvalue weighted by Crippen LogP contribution is -2.35. The Morgan fingerprint density at radius 2 is 2.56 bits per heavy atom. The minimum absolute atomic E-state index is 0.0915. The second-order valence-electron chi connectivity index (χ2n) is 3.12. The molecule has 0 aromatic carbocycles. The van der Waals surface area contributed by atoms with Crippen LogP contribution in [-0.4, -0.2) is 33.3 Å². The van der Waals surface area contributed by atoms with E-state index >= 15 is 0 Å². The lowest BCUT2D eigenvalue weighted by atomic mass is 10.2. The van der Waals surface area contributed by atoms with Crippen molar-refractivity contribution in [1.29, 1.82) is 0 Å². The molecular formula is C10H13N3O3. The van der Waals surface area contributed by atoms with Gasteiger partial charge in [-0.1, -0.05) is 5.92 Å². The molecule has 0 aliphatic heterocycles. The smallest absolute Gasteiger partial charge is 0.324 e. The molecule has 1 aromatic heterocycles. The predicted molar refractivity (Wildman–Crippen MR) is 55.9 cm³/mol. The van der Waals surface area contributed by atoms with Gasteiger partial charge in [0.05, 0.1) is 6.33 Å². The molecule has 1 aromatic rings. The van der Waals surface area contributed by atoms with Crippen LogP contribution in [0, 0.1) is 12.3 Å². The Morgan fingerprint density at radius 3 is 3.19 bits per heavy atom. The number of carbonyl (C=O) groups excluding carboxylic acids is 1. The highest BCUT2D eigenvalue weighted by Gasteiger charge is 2.17. The molecule has 0 spiro atoms. The van der Waals surface area contributed by atoms with Gasteiger partial charge in [-0.3, -0.25) is 4.79 Å². The normalized spacial score (nSPS) is 11.8. The van der Waals surface area contributed by atoms with Crippen LogP contribution < -0.4 is 5.73 Å². The Morgan fingerprint density at radius 1 is 1.81 bits per heavy atom. The largest absolute Gasteiger partial charge is 0.451 e. The predicted octanol–water partition coefficient (Wildman–Crippen LogP) is -1.12. The number of esters is 1. The zero-order valence-electron chi connectivity index (χ0n) is 8.67. The number of nitrogens with zero attached hydrogens (tertiary/aromatic N) is 2. The first kappa shape index (κ1) is 12.2. The molecule has 0 aliphatic carbocycles. The van der Waals surface area contributed by atoms with Gasteiger partial charge in [0.25, 0.3) is 0 Å². The second kappa shape index (κ2) is 5.90. The number of aromatic nitrogens is 2. The van der Waals surface area contributed by atoms with Crippen LogP contribution in [0.4, 0.5) is 0 Å². The van der Waals surface area contributed by atoms with E-state index in [-0.39, 0.29) is 19.8 Å². The number of hydrogen-bond donors (Lipinski definition) is 2. The number of carbonyl (C=O) groups is 1. The first-order chi connectivity index (χ1) is 7.69. The summed E-state index contributed by atoms with van der Waals surface area (Å²) in [6.07, 6.45) is 8.17. The number of terminal acetylenes is 1. The van der Waals surface area contributed by atoms with Crippen molar-refractivity contribution < 1.29 is 14.6 Å². The van der Waals surface area contributed by atoms with Crippen LogP contribution in [0.25, 0.3) is 0 Å². The molecule has 1 unspecified atom stereocenters. The maximum atomic E-state index is 11.3. The van der Waals surface area contributed by atoms with E-state index in [1.54, 1.807) is 0 Å². The molecule has 86 valence electrons. The van der Waals surface area contributed by atoms with Crippen LogP contribution in [0.3, 0.4) is 0 Å². The van der Waals surface area contributed by atoms with Crippen molar-refractivity contribution in [3.8, 4) is 12.3 Å². The van der Waals surface area contributed by atoms with Crippen LogP contribution in [0.5, 0.6) is 0 Å². The van der Waals surface area contributed by atoms with Gasteiger partial charge in [-0.05, 0) is 0 Å². The summed E-state index contributed by atoms with van der Waals surface area (Å²) < 4.78 is 6.16. The van der Waals surface area contributed by atoms with Gasteiger partial charge in [-0.25, -0.2) is 4.98 Å². The molecule has 1 atom stereocenters. The van der Waals surface area contributed by atoms with E-state index in [4.69, 9.17) is 17.3 Å². The molecule has 1 rings (SSSR count). The summed E-state index contributed by atoms with van der Waals surface area (Å²) in [7, 11) is 0. The topological polar surface area (TPSA) is 90.4 Å². The molecule has 6 nitrogen and oxygen atoms in total. The molecule has 1 heterocycles. The van der Waals surface area contributed by atoms with Crippen molar-refractivity contribution in [2.24, 2.45) is 5.73 Å². The molecule has 16 heavy (non-hydrogen) atoms. The quantitative estimate of drug-likeness (QED) is 0.487. The van der Waals surface area contributed by atoms with Crippen molar-refractivity contribution in [3.05, 3.63) is 18.2 Å². The maximum Gasteiger partial charge on any atom is 0.324 e. The van der Waals surface area contributed by atoms with Gasteiger partial charge in [0, 0.05) is 18.3 Å². The van der Waals surface area contributed by atoms with Crippen molar-refractivity contribution in [1.82, 2.24) is 9.55 Å². The molecule has 6 heteroatoms. The molecule has 3 N–H and O–H groups in total. The molecule has 0 amide bonds. The summed E-state index contributed by atoms with van der Waals surface area (Å²) in [6.45, 7) is -0.298. The van der Waals surface area contributed by atoms with Crippen LogP contribution >= 0.6 is 0 Å². The molecule has 0 saturated heterocycles. The van der Waals surface area contributed by atoms with E-state index in [0.717, 1.165) is 0 Å². The Hall–Kier alpha value is -1.84. The highest BCUT2D eigenvalue weighted by molar-refractivity contribution is 5.75. The fourth-order valence-corrected chi connectivity index (χ4v) is 1.17. The number of ether oxygens (including phenoxy) is 1. The molecule has 0 bridgehead atoms. The molecule has 0 fully saturated rings. The number of imidazole rings is 1. The van der Waals surface area contributed by atoms with Crippen LogP contribution in [0.1, 0.15) is 5.69 Å². The molecule has 0 saturated carbocycles. The number of rotatable bonds is 5. The zero-order valence-corrected chi connectivity index (χ0v) is 8.67. The highest BCUT2D eigenvalue weighted by Crippen LogP contribution is 2.03. The summed E-state index contributed by atoms with van der Waals surface area (Å²) in [5, 5.41) is 8.94. The Kier molecular flexibility index (Phi) is 4.51. The van der Waals surface area contributed by atoms with Gasteiger partial charge in [-0.15, -0.1) is 6.42 Å². The number of aliphatic hydroxyl groups is 1. The maximum absolute atomic E-state index is 11.3. The highest BCUT2D eigenvalue weighted by atomic mass is 16.5. The molecule has 0 radical (unpaired) electrons. The Bertz CT molecular complexity index is 394. The molecular weight excluding hydrogens is 210 g/mol. The van der Waals surface area contributed by atoms with Crippen molar-refractivity contribution in [3.63, 3.8) is 0 Å². The Balaban J connectivity index is 2.54. The number of nitrogens with two attached hydrogens (primary N) is 1. The summed E-state index contributed by atoms with van der Waals surface area (Å²) in [6, 6.07) is -0.810. The van der Waals surface area contributed by atoms with Crippen molar-refractivity contribution in [2.45, 2.75) is 19.2 Å². The summed E-state index contributed by atoms with van der Waals surface area (Å²) in [5.41, 5.74) is 6.27. The summed E-state index contributed by atoms with van der Waals surface area (Å²) in [5.74, 6) is 1.61. The summed E-state index contributed by atoms with van der Waals surface area (Å²) in [4.78, 5) is 15.1. The first-order valence-electron chi connectivity index (χ1n) is 4.64. The standard InChI is InChI=1S/C10H13N3O3/c1-2-3-16-10(15)9(11)4-8-5-12-6-13(8)7-14/h1,5-6,9,14H,3-4,7,11H2. The second-order valence-corrected chi connectivity index (χ2v) is 3.12. The monoisotopic (exact) mass is 223 g/mol. The van der Waals surface area contributed by atoms with E-state index in [1.807, 2.05) is 0 Å². The lowest BCUT2D eigenvalue weighted by molar-refractivity contribution is -0.143. The van der Waals surface area contributed by atoms with Crippen molar-refractivity contribution >= 4 is 5.97 Å². The third-order valence-electron chi connectivity index (χ3n) is 1.98. The first-order valence-corrected chi connectivity index (χ1v) is 4.64. The van der Waals surface area contributed by atoms with Crippen LogP contribution in [0.2, 0.25) is 0 Å². The van der Waals surface area contributed by atoms with Gasteiger partial charge in [-0.2, -0.15) is 0 Å². The fourth-order valence-electron chi connectivity index (χ4n) is 1.17. The van der Waals surface area contributed by atoms with Gasteiger partial charge >= 0.3 is 5.97 Å². The van der Waals surface area contributed by atoms with E-state index in [1.165, 1.54) is 17.1 Å². The summed E-state index contributed by atoms with van der Waals surface area (Å²) >= 11 is 0. The van der Waals surface area contributed by atoms with Crippen LogP contribution in [-0.2, 0) is 22.7 Å². The number of hydrogen-bond acceptors (Lipinski definition) is 5. The van der Waals surface area contributed by atoms with Gasteiger partial charge in [0.2, 0.25) is 0 Å². The zero-order chi connectivity index (χ0) is 12.0. The van der Waals surface area contributed by atoms with E-state index in [2.05, 4.69) is 15.6 Å². The van der Waals surface area contributed by atoms with Gasteiger partial charge in [0.15, 0.2) is 6.61 Å². The number of aliphatic hydroxyl groups excluding tert-OH is 1. The third kappa shape index (κ3) is 3.08. The average Bonchev–Trinajstić information content (AvgIpc) is 2.72. The average molecular weight is 223 g/mol. The minimum atomic E-state index is -0.810. The van der Waals surface area contributed by atoms with E-state index in [9.17, 15) is 4.79 Å². The lowest BCUT2D eigenvalue weighted by Gasteiger charge is -2.10. The van der Waals surface area contributed by atoms with Gasteiger partial charge in [0.1, 0.15) is 12.8 Å². The Labute approximate surface area is 93.0 Å². The van der Waals surface area contributed by atoms with E-state index in [0.29, 0.717) is 5.69 Å². The third-order valence-corrected chi connectivity index (χ3v) is 1.98. The fraction of sp³-hybridized carbons (Fsp3) is 0.400. The van der Waals surface area contributed by atoms with Gasteiger partial charge < -0.3 is 20.1 Å². The van der Waals surface area contributed by atoms with E-state index < -0.39 is 12.0 Å². The van der Waals surface area contributed by atoms with Crippen molar-refractivity contribution in [2.75, 3.05) is 6.61 Å². The molecule has 0 aliphatic rings.